The van der Waals surface area contributed by atoms with Crippen LogP contribution in [0.25, 0.3) is 0 Å². The molecule has 1 aliphatic rings. The summed E-state index contributed by atoms with van der Waals surface area (Å²) in [6.07, 6.45) is 1.54. The zero-order chi connectivity index (χ0) is 14.8. The maximum Gasteiger partial charge on any atom is 0.349 e. The van der Waals surface area contributed by atoms with Gasteiger partial charge in [0, 0.05) is 19.1 Å². The van der Waals surface area contributed by atoms with Gasteiger partial charge in [-0.3, -0.25) is 0 Å². The third-order valence-electron chi connectivity index (χ3n) is 3.48. The minimum Gasteiger partial charge on any atom is -0.465 e. The van der Waals surface area contributed by atoms with Gasteiger partial charge >= 0.3 is 5.97 Å². The molecular formula is C12H19ClN2O4S2. The van der Waals surface area contributed by atoms with Crippen molar-refractivity contribution in [3.63, 3.8) is 0 Å². The highest BCUT2D eigenvalue weighted by atomic mass is 35.5. The number of nitrogens with zero attached hydrogens (tertiary/aromatic N) is 1. The minimum absolute atomic E-state index is 0. The fraction of sp³-hybridized carbons (Fsp3) is 0.583. The third kappa shape index (κ3) is 3.75. The summed E-state index contributed by atoms with van der Waals surface area (Å²) in [7, 11) is -0.496. The van der Waals surface area contributed by atoms with E-state index in [1.807, 2.05) is 7.05 Å². The van der Waals surface area contributed by atoms with Gasteiger partial charge in [-0.25, -0.2) is 13.2 Å². The van der Waals surface area contributed by atoms with Crippen molar-refractivity contribution in [1.82, 2.24) is 9.62 Å². The summed E-state index contributed by atoms with van der Waals surface area (Å²) in [5.41, 5.74) is 0. The Labute approximate surface area is 134 Å². The first-order valence-corrected chi connectivity index (χ1v) is 8.66. The molecule has 0 aromatic carbocycles. The molecule has 1 aromatic heterocycles. The normalized spacial score (nSPS) is 17.2. The Morgan fingerprint density at radius 2 is 2.05 bits per heavy atom. The van der Waals surface area contributed by atoms with Gasteiger partial charge in [-0.1, -0.05) is 0 Å². The van der Waals surface area contributed by atoms with Gasteiger partial charge in [-0.05, 0) is 31.3 Å². The van der Waals surface area contributed by atoms with Crippen LogP contribution in [0.2, 0.25) is 0 Å². The Bertz CT molecular complexity index is 580. The highest BCUT2D eigenvalue weighted by molar-refractivity contribution is 7.89. The second-order valence-corrected chi connectivity index (χ2v) is 7.40. The molecule has 0 spiro atoms. The van der Waals surface area contributed by atoms with Crippen molar-refractivity contribution in [2.75, 3.05) is 27.2 Å². The highest BCUT2D eigenvalue weighted by Crippen LogP contribution is 2.27. The number of sulfonamides is 1. The van der Waals surface area contributed by atoms with Crippen molar-refractivity contribution in [1.29, 1.82) is 0 Å². The summed E-state index contributed by atoms with van der Waals surface area (Å²) in [6, 6.07) is 1.82. The Hall–Kier alpha value is -0.670. The molecule has 0 bridgehead atoms. The molecule has 9 heteroatoms. The summed E-state index contributed by atoms with van der Waals surface area (Å²) in [5, 5.41) is 4.75. The lowest BCUT2D eigenvalue weighted by atomic mass is 10.1. The van der Waals surface area contributed by atoms with Gasteiger partial charge in [0.1, 0.15) is 9.77 Å². The van der Waals surface area contributed by atoms with Crippen LogP contribution in [-0.2, 0) is 14.8 Å². The van der Waals surface area contributed by atoms with E-state index in [0.29, 0.717) is 19.1 Å². The predicted octanol–water partition coefficient (Wildman–Crippen LogP) is 1.33. The van der Waals surface area contributed by atoms with E-state index in [9.17, 15) is 13.2 Å². The molecule has 120 valence electrons. The maximum absolute atomic E-state index is 12.6. The van der Waals surface area contributed by atoms with Crippen LogP contribution in [0.3, 0.4) is 0 Å². The summed E-state index contributed by atoms with van der Waals surface area (Å²) in [5.74, 6) is -0.608. The van der Waals surface area contributed by atoms with E-state index in [1.54, 1.807) is 5.38 Å². The number of rotatable bonds is 4. The number of piperidine rings is 1. The molecule has 2 heterocycles. The van der Waals surface area contributed by atoms with E-state index >= 15 is 0 Å². The number of methoxy groups -OCH3 is 1. The van der Waals surface area contributed by atoms with Gasteiger partial charge in [0.2, 0.25) is 10.0 Å². The van der Waals surface area contributed by atoms with E-state index in [1.165, 1.54) is 17.5 Å². The zero-order valence-corrected chi connectivity index (χ0v) is 14.3. The average molecular weight is 355 g/mol. The Balaban J connectivity index is 0.00000220. The first-order chi connectivity index (χ1) is 9.50. The molecule has 1 saturated heterocycles. The molecule has 0 atom stereocenters. The highest BCUT2D eigenvalue weighted by Gasteiger charge is 2.32. The Morgan fingerprint density at radius 3 is 2.57 bits per heavy atom. The van der Waals surface area contributed by atoms with E-state index in [4.69, 9.17) is 0 Å². The number of nitrogens with one attached hydrogen (secondary N) is 1. The van der Waals surface area contributed by atoms with Crippen LogP contribution >= 0.6 is 23.7 Å². The molecule has 0 aliphatic carbocycles. The second kappa shape index (κ2) is 7.55. The molecule has 6 nitrogen and oxygen atoms in total. The first kappa shape index (κ1) is 18.4. The topological polar surface area (TPSA) is 75.7 Å². The van der Waals surface area contributed by atoms with Crippen LogP contribution in [0.5, 0.6) is 0 Å². The third-order valence-corrected chi connectivity index (χ3v) is 6.44. The van der Waals surface area contributed by atoms with Crippen LogP contribution in [0.4, 0.5) is 0 Å². The Kier molecular flexibility index (Phi) is 6.61. The minimum atomic E-state index is -3.62. The van der Waals surface area contributed by atoms with Crippen molar-refractivity contribution < 1.29 is 17.9 Å². The van der Waals surface area contributed by atoms with Gasteiger partial charge in [0.25, 0.3) is 0 Å². The lowest BCUT2D eigenvalue weighted by Gasteiger charge is -2.30. The summed E-state index contributed by atoms with van der Waals surface area (Å²) < 4.78 is 31.2. The number of thiophene rings is 1. The van der Waals surface area contributed by atoms with Crippen molar-refractivity contribution >= 4 is 39.7 Å². The molecule has 0 saturated carbocycles. The van der Waals surface area contributed by atoms with Gasteiger partial charge < -0.3 is 10.1 Å². The van der Waals surface area contributed by atoms with Crippen molar-refractivity contribution in [2.24, 2.45) is 0 Å². The number of esters is 1. The molecule has 2 rings (SSSR count). The van der Waals surface area contributed by atoms with Gasteiger partial charge in [0.05, 0.1) is 7.11 Å². The van der Waals surface area contributed by atoms with Crippen LogP contribution in [0, 0.1) is 0 Å². The molecule has 1 aromatic rings. The summed E-state index contributed by atoms with van der Waals surface area (Å²) in [4.78, 5) is 11.8. The standard InChI is InChI=1S/C12H18N2O4S2.ClH/c1-13-9-3-6-14(7-4-9)20(16,17)10-5-8-19-11(10)12(15)18-2;/h5,8-9,13H,3-4,6-7H2,1-2H3;1H. The molecule has 21 heavy (non-hydrogen) atoms. The number of carbonyl (C=O) groups is 1. The number of carbonyl (C=O) groups excluding carboxylic acids is 1. The summed E-state index contributed by atoms with van der Waals surface area (Å²) in [6.45, 7) is 0.925. The fourth-order valence-electron chi connectivity index (χ4n) is 2.27. The molecule has 0 unspecified atom stereocenters. The van der Waals surface area contributed by atoms with Crippen LogP contribution < -0.4 is 5.32 Å². The first-order valence-electron chi connectivity index (χ1n) is 6.34. The summed E-state index contributed by atoms with van der Waals surface area (Å²) >= 11 is 1.09. The van der Waals surface area contributed by atoms with Crippen LogP contribution in [0.1, 0.15) is 22.5 Å². The van der Waals surface area contributed by atoms with E-state index in [0.717, 1.165) is 24.2 Å². The monoisotopic (exact) mass is 354 g/mol. The molecule has 0 amide bonds. The molecule has 1 fully saturated rings. The molecular weight excluding hydrogens is 336 g/mol. The number of hydrogen-bond acceptors (Lipinski definition) is 6. The molecule has 1 N–H and O–H groups in total. The molecule has 1 aliphatic heterocycles. The lowest BCUT2D eigenvalue weighted by Crippen LogP contribution is -2.44. The molecule has 0 radical (unpaired) electrons. The average Bonchev–Trinajstić information content (AvgIpc) is 2.96. The number of hydrogen-bond donors (Lipinski definition) is 1. The van der Waals surface area contributed by atoms with Gasteiger partial charge in [-0.15, -0.1) is 23.7 Å². The van der Waals surface area contributed by atoms with Crippen molar-refractivity contribution in [2.45, 2.75) is 23.8 Å². The fourth-order valence-corrected chi connectivity index (χ4v) is 5.04. The van der Waals surface area contributed by atoms with Crippen molar-refractivity contribution in [3.05, 3.63) is 16.3 Å². The lowest BCUT2D eigenvalue weighted by molar-refractivity contribution is 0.0602. The van der Waals surface area contributed by atoms with Crippen LogP contribution in [-0.4, -0.2) is 52.0 Å². The zero-order valence-electron chi connectivity index (χ0n) is 11.9. The van der Waals surface area contributed by atoms with E-state index < -0.39 is 16.0 Å². The van der Waals surface area contributed by atoms with Gasteiger partial charge in [0.15, 0.2) is 0 Å². The van der Waals surface area contributed by atoms with E-state index in [2.05, 4.69) is 10.1 Å². The largest absolute Gasteiger partial charge is 0.465 e. The second-order valence-electron chi connectivity index (χ2n) is 4.57. The van der Waals surface area contributed by atoms with Crippen molar-refractivity contribution in [3.8, 4) is 0 Å². The Morgan fingerprint density at radius 1 is 1.43 bits per heavy atom. The quantitative estimate of drug-likeness (QED) is 0.825. The van der Waals surface area contributed by atoms with Crippen LogP contribution in [0.15, 0.2) is 16.3 Å². The SMILES string of the molecule is CNC1CCN(S(=O)(=O)c2ccsc2C(=O)OC)CC1.Cl. The number of halogens is 1. The predicted molar refractivity (Wildman–Crippen MR) is 83.7 cm³/mol. The van der Waals surface area contributed by atoms with E-state index in [-0.39, 0.29) is 22.2 Å². The number of ether oxygens (including phenoxy) is 1. The smallest absolute Gasteiger partial charge is 0.349 e. The van der Waals surface area contributed by atoms with Gasteiger partial charge in [-0.2, -0.15) is 4.31 Å². The maximum atomic E-state index is 12.6.